The third-order valence-electron chi connectivity index (χ3n) is 4.53. The van der Waals surface area contributed by atoms with Crippen LogP contribution in [0, 0.1) is 0 Å². The van der Waals surface area contributed by atoms with E-state index in [9.17, 15) is 0 Å². The summed E-state index contributed by atoms with van der Waals surface area (Å²) in [5, 5.41) is 10.8. The lowest BCUT2D eigenvalue weighted by molar-refractivity contribution is 0.761. The van der Waals surface area contributed by atoms with E-state index >= 15 is 0 Å². The summed E-state index contributed by atoms with van der Waals surface area (Å²) in [6.07, 6.45) is 5.76. The molecular weight excluding hydrogens is 298 g/mol. The van der Waals surface area contributed by atoms with Crippen molar-refractivity contribution >= 4 is 5.95 Å². The number of aromatic amines is 1. The van der Waals surface area contributed by atoms with Gasteiger partial charge in [-0.3, -0.25) is 5.10 Å². The van der Waals surface area contributed by atoms with Crippen LogP contribution in [0.25, 0.3) is 11.3 Å². The predicted molar refractivity (Wildman–Crippen MR) is 95.0 cm³/mol. The van der Waals surface area contributed by atoms with Crippen LogP contribution in [0.1, 0.15) is 36.6 Å². The normalized spacial score (nSPS) is 14.1. The highest BCUT2D eigenvalue weighted by atomic mass is 15.1. The lowest BCUT2D eigenvalue weighted by Gasteiger charge is -2.12. The summed E-state index contributed by atoms with van der Waals surface area (Å²) in [5.74, 6) is 1.03. The molecular formula is C19H21N5. The van der Waals surface area contributed by atoms with E-state index in [2.05, 4.69) is 58.6 Å². The van der Waals surface area contributed by atoms with Crippen LogP contribution in [0.3, 0.4) is 0 Å². The lowest BCUT2D eigenvalue weighted by atomic mass is 10.0. The Hall–Kier alpha value is -2.69. The fraction of sp³-hybridized carbons (Fsp3) is 0.316. The Balaban J connectivity index is 1.55. The van der Waals surface area contributed by atoms with Crippen LogP contribution < -0.4 is 5.32 Å². The first-order chi connectivity index (χ1) is 11.7. The molecule has 3 aromatic rings. The number of anilines is 1. The maximum absolute atomic E-state index is 4.70. The van der Waals surface area contributed by atoms with E-state index in [0.29, 0.717) is 17.9 Å². The molecule has 5 heteroatoms. The van der Waals surface area contributed by atoms with Gasteiger partial charge in [0.25, 0.3) is 0 Å². The molecule has 0 spiro atoms. The van der Waals surface area contributed by atoms with Gasteiger partial charge in [0.2, 0.25) is 5.95 Å². The molecule has 24 heavy (non-hydrogen) atoms. The van der Waals surface area contributed by atoms with Crippen LogP contribution in [0.5, 0.6) is 0 Å². The Labute approximate surface area is 141 Å². The van der Waals surface area contributed by atoms with Gasteiger partial charge in [-0.25, -0.2) is 9.97 Å². The second kappa shape index (κ2) is 6.07. The first-order valence-electron chi connectivity index (χ1n) is 8.41. The van der Waals surface area contributed by atoms with Crippen molar-refractivity contribution in [1.29, 1.82) is 0 Å². The molecule has 2 heterocycles. The van der Waals surface area contributed by atoms with Gasteiger partial charge in [-0.15, -0.1) is 0 Å². The van der Waals surface area contributed by atoms with Crippen molar-refractivity contribution in [2.45, 2.75) is 38.6 Å². The molecule has 0 atom stereocenters. The highest BCUT2D eigenvalue weighted by molar-refractivity contribution is 5.62. The fourth-order valence-electron chi connectivity index (χ4n) is 3.37. The molecule has 1 aliphatic rings. The summed E-state index contributed by atoms with van der Waals surface area (Å²) in [6.45, 7) is 4.27. The van der Waals surface area contributed by atoms with E-state index in [0.717, 1.165) is 29.8 Å². The van der Waals surface area contributed by atoms with Crippen molar-refractivity contribution < 1.29 is 0 Å². The SMILES string of the molecule is CC(C)c1n[nH]cc1-c1ccnc(NC2Cc3ccccc3C2)n1. The van der Waals surface area contributed by atoms with Gasteiger partial charge in [-0.1, -0.05) is 38.1 Å². The smallest absolute Gasteiger partial charge is 0.223 e. The predicted octanol–water partition coefficient (Wildman–Crippen LogP) is 3.57. The Morgan fingerprint density at radius 3 is 2.58 bits per heavy atom. The molecule has 0 saturated carbocycles. The molecule has 0 unspecified atom stereocenters. The van der Waals surface area contributed by atoms with Crippen LogP contribution in [0.2, 0.25) is 0 Å². The van der Waals surface area contributed by atoms with Gasteiger partial charge < -0.3 is 5.32 Å². The number of nitrogens with zero attached hydrogens (tertiary/aromatic N) is 3. The molecule has 2 N–H and O–H groups in total. The van der Waals surface area contributed by atoms with Crippen LogP contribution in [-0.4, -0.2) is 26.2 Å². The van der Waals surface area contributed by atoms with E-state index < -0.39 is 0 Å². The zero-order chi connectivity index (χ0) is 16.5. The van der Waals surface area contributed by atoms with Gasteiger partial charge in [-0.05, 0) is 36.0 Å². The van der Waals surface area contributed by atoms with Crippen molar-refractivity contribution in [1.82, 2.24) is 20.2 Å². The van der Waals surface area contributed by atoms with Gasteiger partial charge in [0.1, 0.15) is 0 Å². The van der Waals surface area contributed by atoms with Gasteiger partial charge >= 0.3 is 0 Å². The number of hydrogen-bond acceptors (Lipinski definition) is 4. The lowest BCUT2D eigenvalue weighted by Crippen LogP contribution is -2.21. The number of hydrogen-bond donors (Lipinski definition) is 2. The number of rotatable bonds is 4. The highest BCUT2D eigenvalue weighted by Crippen LogP contribution is 2.27. The Morgan fingerprint density at radius 2 is 1.88 bits per heavy atom. The first-order valence-corrected chi connectivity index (χ1v) is 8.41. The molecule has 0 radical (unpaired) electrons. The average molecular weight is 319 g/mol. The number of nitrogens with one attached hydrogen (secondary N) is 2. The topological polar surface area (TPSA) is 66.5 Å². The molecule has 1 aromatic carbocycles. The number of aromatic nitrogens is 4. The quantitative estimate of drug-likeness (QED) is 0.771. The second-order valence-corrected chi connectivity index (χ2v) is 6.62. The maximum Gasteiger partial charge on any atom is 0.223 e. The Bertz CT molecular complexity index is 827. The van der Waals surface area contributed by atoms with Crippen LogP contribution in [-0.2, 0) is 12.8 Å². The molecule has 122 valence electrons. The Kier molecular flexibility index (Phi) is 3.76. The maximum atomic E-state index is 4.70. The van der Waals surface area contributed by atoms with Crippen molar-refractivity contribution in [3.05, 3.63) is 59.5 Å². The van der Waals surface area contributed by atoms with Gasteiger partial charge in [-0.2, -0.15) is 5.10 Å². The summed E-state index contributed by atoms with van der Waals surface area (Å²) < 4.78 is 0. The summed E-state index contributed by atoms with van der Waals surface area (Å²) in [6, 6.07) is 10.9. The molecule has 0 aliphatic heterocycles. The van der Waals surface area contributed by atoms with E-state index in [1.807, 2.05) is 18.5 Å². The number of benzene rings is 1. The molecule has 4 rings (SSSR count). The standard InChI is InChI=1S/C19H21N5/c1-12(2)18-16(11-21-24-18)17-7-8-20-19(23-17)22-15-9-13-5-3-4-6-14(13)10-15/h3-8,11-12,15H,9-10H2,1-2H3,(H,21,24)(H,20,22,23). The Morgan fingerprint density at radius 1 is 1.12 bits per heavy atom. The third kappa shape index (κ3) is 2.77. The zero-order valence-corrected chi connectivity index (χ0v) is 14.0. The summed E-state index contributed by atoms with van der Waals surface area (Å²) >= 11 is 0. The summed E-state index contributed by atoms with van der Waals surface area (Å²) in [4.78, 5) is 9.10. The molecule has 1 aliphatic carbocycles. The minimum Gasteiger partial charge on any atom is -0.351 e. The molecule has 0 bridgehead atoms. The fourth-order valence-corrected chi connectivity index (χ4v) is 3.37. The third-order valence-corrected chi connectivity index (χ3v) is 4.53. The van der Waals surface area contributed by atoms with E-state index in [1.54, 1.807) is 0 Å². The van der Waals surface area contributed by atoms with Crippen LogP contribution in [0.4, 0.5) is 5.95 Å². The van der Waals surface area contributed by atoms with Crippen molar-refractivity contribution in [2.24, 2.45) is 0 Å². The minimum absolute atomic E-state index is 0.349. The summed E-state index contributed by atoms with van der Waals surface area (Å²) in [7, 11) is 0. The van der Waals surface area contributed by atoms with E-state index in [1.165, 1.54) is 11.1 Å². The van der Waals surface area contributed by atoms with Crippen LogP contribution in [0.15, 0.2) is 42.7 Å². The highest BCUT2D eigenvalue weighted by Gasteiger charge is 2.21. The van der Waals surface area contributed by atoms with Crippen LogP contribution >= 0.6 is 0 Å². The largest absolute Gasteiger partial charge is 0.351 e. The first kappa shape index (κ1) is 14.9. The molecule has 2 aromatic heterocycles. The van der Waals surface area contributed by atoms with Crippen molar-refractivity contribution in [3.8, 4) is 11.3 Å². The van der Waals surface area contributed by atoms with E-state index in [4.69, 9.17) is 4.98 Å². The van der Waals surface area contributed by atoms with Gasteiger partial charge in [0, 0.05) is 24.0 Å². The number of H-pyrrole nitrogens is 1. The summed E-state index contributed by atoms with van der Waals surface area (Å²) in [5.41, 5.74) is 5.82. The molecule has 5 nitrogen and oxygen atoms in total. The van der Waals surface area contributed by atoms with Gasteiger partial charge in [0.15, 0.2) is 0 Å². The van der Waals surface area contributed by atoms with E-state index in [-0.39, 0.29) is 0 Å². The number of fused-ring (bicyclic) bond motifs is 1. The van der Waals surface area contributed by atoms with Crippen molar-refractivity contribution in [3.63, 3.8) is 0 Å². The second-order valence-electron chi connectivity index (χ2n) is 6.62. The minimum atomic E-state index is 0.349. The van der Waals surface area contributed by atoms with Gasteiger partial charge in [0.05, 0.1) is 11.4 Å². The average Bonchev–Trinajstić information content (AvgIpc) is 3.21. The zero-order valence-electron chi connectivity index (χ0n) is 14.0. The molecule has 0 fully saturated rings. The van der Waals surface area contributed by atoms with Crippen molar-refractivity contribution in [2.75, 3.05) is 5.32 Å². The molecule has 0 saturated heterocycles. The molecule has 0 amide bonds. The monoisotopic (exact) mass is 319 g/mol.